The van der Waals surface area contributed by atoms with Crippen molar-refractivity contribution in [3.63, 3.8) is 0 Å². The van der Waals surface area contributed by atoms with Crippen molar-refractivity contribution < 1.29 is 14.3 Å². The first-order chi connectivity index (χ1) is 16.9. The molecule has 0 radical (unpaired) electrons. The molecule has 0 saturated carbocycles. The Morgan fingerprint density at radius 1 is 1.17 bits per heavy atom. The van der Waals surface area contributed by atoms with Gasteiger partial charge in [-0.2, -0.15) is 10.5 Å². The molecule has 0 unspecified atom stereocenters. The van der Waals surface area contributed by atoms with Gasteiger partial charge in [-0.25, -0.2) is 0 Å². The molecule has 2 aliphatic rings. The Balaban J connectivity index is 1.79. The first kappa shape index (κ1) is 24.6. The quantitative estimate of drug-likeness (QED) is 0.486. The first-order valence-corrected chi connectivity index (χ1v) is 12.5. The normalized spacial score (nSPS) is 17.6. The highest BCUT2D eigenvalue weighted by Crippen LogP contribution is 2.46. The van der Waals surface area contributed by atoms with Gasteiger partial charge in [-0.05, 0) is 66.1 Å². The number of nitriles is 2. The van der Waals surface area contributed by atoms with Crippen LogP contribution in [0.25, 0.3) is 0 Å². The standard InChI is InChI=1S/C27H25IN4O3/c1-3-34-23-12-18(11-20(28)26(23)35-15-17-8-5-4-7-16(17)13-29)24-19(14-30)27(31)32(2)21-9-6-10-22(33)25(21)24/h4-5,7-8,11-12,24H,3,6,9-10,15,31H2,1-2H3/t24-/m0/s1. The van der Waals surface area contributed by atoms with E-state index in [0.29, 0.717) is 47.1 Å². The summed E-state index contributed by atoms with van der Waals surface area (Å²) in [6, 6.07) is 15.5. The molecule has 35 heavy (non-hydrogen) atoms. The topological polar surface area (TPSA) is 112 Å². The van der Waals surface area contributed by atoms with E-state index in [-0.39, 0.29) is 12.4 Å². The average Bonchev–Trinajstić information content (AvgIpc) is 2.86. The first-order valence-electron chi connectivity index (χ1n) is 11.4. The van der Waals surface area contributed by atoms with E-state index in [9.17, 15) is 15.3 Å². The van der Waals surface area contributed by atoms with E-state index in [4.69, 9.17) is 15.2 Å². The monoisotopic (exact) mass is 580 g/mol. The lowest BCUT2D eigenvalue weighted by molar-refractivity contribution is -0.116. The third kappa shape index (κ3) is 4.59. The van der Waals surface area contributed by atoms with Crippen LogP contribution in [0.1, 0.15) is 48.8 Å². The zero-order valence-electron chi connectivity index (χ0n) is 19.6. The Bertz CT molecular complexity index is 1330. The van der Waals surface area contributed by atoms with Crippen LogP contribution in [0.4, 0.5) is 0 Å². The summed E-state index contributed by atoms with van der Waals surface area (Å²) >= 11 is 2.18. The predicted molar refractivity (Wildman–Crippen MR) is 139 cm³/mol. The van der Waals surface area contributed by atoms with Gasteiger partial charge in [-0.1, -0.05) is 18.2 Å². The van der Waals surface area contributed by atoms with Crippen molar-refractivity contribution in [2.24, 2.45) is 5.73 Å². The Morgan fingerprint density at radius 2 is 1.94 bits per heavy atom. The minimum absolute atomic E-state index is 0.0461. The molecular weight excluding hydrogens is 555 g/mol. The highest BCUT2D eigenvalue weighted by atomic mass is 127. The van der Waals surface area contributed by atoms with Crippen molar-refractivity contribution >= 4 is 28.4 Å². The number of ether oxygens (including phenoxy) is 2. The minimum atomic E-state index is -0.555. The maximum Gasteiger partial charge on any atom is 0.174 e. The van der Waals surface area contributed by atoms with Gasteiger partial charge in [-0.15, -0.1) is 0 Å². The van der Waals surface area contributed by atoms with E-state index in [1.165, 1.54) is 0 Å². The van der Waals surface area contributed by atoms with Gasteiger partial charge in [0.15, 0.2) is 17.3 Å². The molecule has 0 amide bonds. The number of nitrogens with zero attached hydrogens (tertiary/aromatic N) is 3. The van der Waals surface area contributed by atoms with Gasteiger partial charge < -0.3 is 20.1 Å². The van der Waals surface area contributed by atoms with Gasteiger partial charge in [0.1, 0.15) is 12.4 Å². The van der Waals surface area contributed by atoms with Gasteiger partial charge in [0.25, 0.3) is 0 Å². The lowest BCUT2D eigenvalue weighted by Gasteiger charge is -2.37. The summed E-state index contributed by atoms with van der Waals surface area (Å²) in [4.78, 5) is 14.8. The summed E-state index contributed by atoms with van der Waals surface area (Å²) in [5, 5.41) is 19.4. The zero-order chi connectivity index (χ0) is 25.1. The second kappa shape index (κ2) is 10.4. The van der Waals surface area contributed by atoms with Crippen LogP contribution in [-0.4, -0.2) is 24.3 Å². The Labute approximate surface area is 218 Å². The van der Waals surface area contributed by atoms with Crippen molar-refractivity contribution in [1.29, 1.82) is 10.5 Å². The summed E-state index contributed by atoms with van der Waals surface area (Å²) in [7, 11) is 1.81. The van der Waals surface area contributed by atoms with Crippen molar-refractivity contribution in [3.8, 4) is 23.6 Å². The van der Waals surface area contributed by atoms with E-state index >= 15 is 0 Å². The maximum atomic E-state index is 13.1. The number of rotatable bonds is 6. The number of hydrogen-bond donors (Lipinski definition) is 1. The average molecular weight is 580 g/mol. The highest BCUT2D eigenvalue weighted by molar-refractivity contribution is 14.1. The molecule has 2 aromatic carbocycles. The lowest BCUT2D eigenvalue weighted by Crippen LogP contribution is -2.36. The predicted octanol–water partition coefficient (Wildman–Crippen LogP) is 4.87. The minimum Gasteiger partial charge on any atom is -0.490 e. The molecule has 7 nitrogen and oxygen atoms in total. The molecule has 8 heteroatoms. The summed E-state index contributed by atoms with van der Waals surface area (Å²) < 4.78 is 12.9. The van der Waals surface area contributed by atoms with Gasteiger partial charge >= 0.3 is 0 Å². The molecule has 0 spiro atoms. The number of Topliss-reactive ketones (excluding diaryl/α,β-unsaturated/α-hetero) is 1. The highest BCUT2D eigenvalue weighted by Gasteiger charge is 2.39. The van der Waals surface area contributed by atoms with Crippen LogP contribution in [0, 0.1) is 26.2 Å². The van der Waals surface area contributed by atoms with Crippen LogP contribution in [0.5, 0.6) is 11.5 Å². The molecule has 1 aliphatic carbocycles. The third-order valence-electron chi connectivity index (χ3n) is 6.34. The maximum absolute atomic E-state index is 13.1. The largest absolute Gasteiger partial charge is 0.490 e. The molecule has 1 heterocycles. The van der Waals surface area contributed by atoms with E-state index in [1.54, 1.807) is 11.0 Å². The Hall–Kier alpha value is -3.50. The molecule has 178 valence electrons. The van der Waals surface area contributed by atoms with E-state index in [0.717, 1.165) is 33.2 Å². The number of ketones is 1. The number of allylic oxidation sites excluding steroid dienone is 3. The molecule has 0 aromatic heterocycles. The fourth-order valence-electron chi connectivity index (χ4n) is 4.66. The summed E-state index contributed by atoms with van der Waals surface area (Å²) in [5.74, 6) is 0.928. The molecule has 1 atom stereocenters. The number of carbonyl (C=O) groups excluding carboxylic acids is 1. The number of carbonyl (C=O) groups is 1. The molecule has 1 aliphatic heterocycles. The van der Waals surface area contributed by atoms with Gasteiger partial charge in [0, 0.05) is 30.3 Å². The number of hydrogen-bond acceptors (Lipinski definition) is 7. The van der Waals surface area contributed by atoms with Crippen LogP contribution in [0.3, 0.4) is 0 Å². The summed E-state index contributed by atoms with van der Waals surface area (Å²) in [5.41, 5.74) is 10.3. The van der Waals surface area contributed by atoms with Crippen LogP contribution in [-0.2, 0) is 11.4 Å². The fraction of sp³-hybridized carbons (Fsp3) is 0.296. The van der Waals surface area contributed by atoms with Crippen LogP contribution < -0.4 is 15.2 Å². The lowest BCUT2D eigenvalue weighted by atomic mass is 9.76. The SMILES string of the molecule is CCOc1cc([C@H]2C(C#N)=C(N)N(C)C3=C2C(=O)CCC3)cc(I)c1OCc1ccccc1C#N. The van der Waals surface area contributed by atoms with Crippen molar-refractivity contribution in [2.45, 2.75) is 38.7 Å². The second-order valence-corrected chi connectivity index (χ2v) is 9.52. The van der Waals surface area contributed by atoms with Crippen molar-refractivity contribution in [2.75, 3.05) is 13.7 Å². The number of halogens is 1. The van der Waals surface area contributed by atoms with Crippen LogP contribution in [0.2, 0.25) is 0 Å². The molecular formula is C27H25IN4O3. The second-order valence-electron chi connectivity index (χ2n) is 8.36. The van der Waals surface area contributed by atoms with E-state index < -0.39 is 5.92 Å². The van der Waals surface area contributed by atoms with Crippen molar-refractivity contribution in [1.82, 2.24) is 4.90 Å². The smallest absolute Gasteiger partial charge is 0.174 e. The fourth-order valence-corrected chi connectivity index (χ4v) is 5.44. The molecule has 0 fully saturated rings. The molecule has 0 saturated heterocycles. The zero-order valence-corrected chi connectivity index (χ0v) is 21.8. The molecule has 2 aromatic rings. The number of nitrogens with two attached hydrogens (primary N) is 1. The van der Waals surface area contributed by atoms with Gasteiger partial charge in [-0.3, -0.25) is 4.79 Å². The molecule has 0 bridgehead atoms. The Kier molecular flexibility index (Phi) is 7.32. The summed E-state index contributed by atoms with van der Waals surface area (Å²) in [6.45, 7) is 2.50. The molecule has 4 rings (SSSR count). The van der Waals surface area contributed by atoms with Crippen LogP contribution >= 0.6 is 22.6 Å². The van der Waals surface area contributed by atoms with E-state index in [2.05, 4.69) is 34.7 Å². The van der Waals surface area contributed by atoms with E-state index in [1.807, 2.05) is 44.3 Å². The third-order valence-corrected chi connectivity index (χ3v) is 7.14. The van der Waals surface area contributed by atoms with Crippen molar-refractivity contribution in [3.05, 3.63) is 79.3 Å². The molecule has 2 N–H and O–H groups in total. The van der Waals surface area contributed by atoms with Crippen LogP contribution in [0.15, 0.2) is 59.1 Å². The van der Waals surface area contributed by atoms with Gasteiger partial charge in [0.2, 0.25) is 0 Å². The number of benzene rings is 2. The Morgan fingerprint density at radius 3 is 2.66 bits per heavy atom. The van der Waals surface area contributed by atoms with Gasteiger partial charge in [0.05, 0.1) is 39.4 Å². The summed E-state index contributed by atoms with van der Waals surface area (Å²) in [6.07, 6.45) is 1.96.